The van der Waals surface area contributed by atoms with Crippen molar-refractivity contribution in [3.63, 3.8) is 0 Å². The van der Waals surface area contributed by atoms with E-state index in [1.807, 2.05) is 24.5 Å². The van der Waals surface area contributed by atoms with Gasteiger partial charge in [-0.1, -0.05) is 0 Å². The lowest BCUT2D eigenvalue weighted by atomic mass is 9.92. The smallest absolute Gasteiger partial charge is 0.227 e. The van der Waals surface area contributed by atoms with E-state index in [4.69, 9.17) is 5.73 Å². The second-order valence-corrected chi connectivity index (χ2v) is 5.34. The van der Waals surface area contributed by atoms with Gasteiger partial charge in [-0.25, -0.2) is 9.97 Å². The molecular weight excluding hydrogens is 254 g/mol. The minimum Gasteiger partial charge on any atom is -0.384 e. The monoisotopic (exact) mass is 273 g/mol. The first kappa shape index (κ1) is 14.0. The van der Waals surface area contributed by atoms with Gasteiger partial charge >= 0.3 is 0 Å². The Labute approximate surface area is 118 Å². The molecule has 2 heterocycles. The molecule has 2 aromatic heterocycles. The average molecular weight is 273 g/mol. The normalized spacial score (nSPS) is 11.3. The van der Waals surface area contributed by atoms with E-state index >= 15 is 0 Å². The van der Waals surface area contributed by atoms with Crippen molar-refractivity contribution in [1.29, 1.82) is 0 Å². The van der Waals surface area contributed by atoms with E-state index in [1.54, 1.807) is 31.8 Å². The van der Waals surface area contributed by atoms with Crippen LogP contribution in [0.3, 0.4) is 0 Å². The molecule has 0 bridgehead atoms. The second-order valence-electron chi connectivity index (χ2n) is 5.34. The largest absolute Gasteiger partial charge is 0.384 e. The summed E-state index contributed by atoms with van der Waals surface area (Å²) >= 11 is 0. The van der Waals surface area contributed by atoms with Crippen LogP contribution in [0.1, 0.15) is 13.8 Å². The van der Waals surface area contributed by atoms with Crippen LogP contribution in [0, 0.1) is 5.41 Å². The van der Waals surface area contributed by atoms with E-state index in [9.17, 15) is 4.79 Å². The third-order valence-electron chi connectivity index (χ3n) is 3.20. The molecule has 0 spiro atoms. The number of hydrogen-bond donors (Lipinski definition) is 2. The summed E-state index contributed by atoms with van der Waals surface area (Å²) in [5.41, 5.74) is 7.03. The molecule has 0 aliphatic carbocycles. The Morgan fingerprint density at radius 1 is 1.50 bits per heavy atom. The molecule has 0 aliphatic heterocycles. The number of nitrogens with two attached hydrogens (primary N) is 1. The topological polar surface area (TPSA) is 85.8 Å². The van der Waals surface area contributed by atoms with Gasteiger partial charge < -0.3 is 15.6 Å². The van der Waals surface area contributed by atoms with Crippen molar-refractivity contribution < 1.29 is 4.79 Å². The van der Waals surface area contributed by atoms with Gasteiger partial charge in [0.05, 0.1) is 23.6 Å². The van der Waals surface area contributed by atoms with E-state index in [2.05, 4.69) is 15.3 Å². The number of nitrogens with zero attached hydrogens (tertiary/aromatic N) is 3. The van der Waals surface area contributed by atoms with Crippen molar-refractivity contribution in [2.45, 2.75) is 20.4 Å². The molecular formula is C14H19N5O. The summed E-state index contributed by atoms with van der Waals surface area (Å²) in [4.78, 5) is 20.0. The van der Waals surface area contributed by atoms with Crippen LogP contribution in [-0.2, 0) is 11.3 Å². The maximum absolute atomic E-state index is 11.9. The van der Waals surface area contributed by atoms with Crippen LogP contribution in [0.5, 0.6) is 0 Å². The number of nitrogens with one attached hydrogen (secondary N) is 1. The Balaban J connectivity index is 2.32. The van der Waals surface area contributed by atoms with Gasteiger partial charge in [0.15, 0.2) is 0 Å². The minimum atomic E-state index is -0.525. The van der Waals surface area contributed by atoms with Crippen LogP contribution in [0.15, 0.2) is 30.9 Å². The Bertz CT molecular complexity index is 618. The molecule has 106 valence electrons. The standard InChI is InChI=1S/C14H19N5O/c1-14(2,13(20)16-3)8-19-9-17-7-11(19)10-4-5-18-12(15)6-10/h4-7,9H,8H2,1-3H3,(H2,15,18)(H,16,20). The second kappa shape index (κ2) is 5.32. The predicted molar refractivity (Wildman–Crippen MR) is 77.7 cm³/mol. The maximum Gasteiger partial charge on any atom is 0.227 e. The number of amides is 1. The highest BCUT2D eigenvalue weighted by Crippen LogP contribution is 2.25. The summed E-state index contributed by atoms with van der Waals surface area (Å²) in [6.45, 7) is 4.33. The number of carbonyl (C=O) groups is 1. The van der Waals surface area contributed by atoms with Gasteiger partial charge in [0.1, 0.15) is 5.82 Å². The lowest BCUT2D eigenvalue weighted by molar-refractivity contribution is -0.129. The number of aromatic nitrogens is 3. The summed E-state index contributed by atoms with van der Waals surface area (Å²) in [5.74, 6) is 0.451. The first-order valence-corrected chi connectivity index (χ1v) is 6.38. The quantitative estimate of drug-likeness (QED) is 0.879. The van der Waals surface area contributed by atoms with Crippen molar-refractivity contribution in [2.24, 2.45) is 5.41 Å². The van der Waals surface area contributed by atoms with E-state index in [1.165, 1.54) is 0 Å². The van der Waals surface area contributed by atoms with E-state index in [-0.39, 0.29) is 5.91 Å². The van der Waals surface area contributed by atoms with Gasteiger partial charge in [-0.05, 0) is 26.0 Å². The molecule has 1 amide bonds. The summed E-state index contributed by atoms with van der Waals surface area (Å²) < 4.78 is 1.95. The summed E-state index contributed by atoms with van der Waals surface area (Å²) in [7, 11) is 1.64. The van der Waals surface area contributed by atoms with Crippen LogP contribution >= 0.6 is 0 Å². The summed E-state index contributed by atoms with van der Waals surface area (Å²) in [5, 5.41) is 2.68. The molecule has 0 radical (unpaired) electrons. The van der Waals surface area contributed by atoms with Gasteiger partial charge in [0, 0.05) is 25.4 Å². The first-order chi connectivity index (χ1) is 9.44. The molecule has 0 aliphatic rings. The van der Waals surface area contributed by atoms with Crippen LogP contribution in [-0.4, -0.2) is 27.5 Å². The zero-order chi connectivity index (χ0) is 14.8. The van der Waals surface area contributed by atoms with Gasteiger partial charge in [-0.15, -0.1) is 0 Å². The van der Waals surface area contributed by atoms with Crippen LogP contribution in [0.25, 0.3) is 11.3 Å². The van der Waals surface area contributed by atoms with Gasteiger partial charge in [-0.2, -0.15) is 0 Å². The van der Waals surface area contributed by atoms with Crippen molar-refractivity contribution >= 4 is 11.7 Å². The van der Waals surface area contributed by atoms with Crippen LogP contribution in [0.4, 0.5) is 5.82 Å². The molecule has 20 heavy (non-hydrogen) atoms. The summed E-state index contributed by atoms with van der Waals surface area (Å²) in [6, 6.07) is 3.66. The highest BCUT2D eigenvalue weighted by molar-refractivity contribution is 5.81. The van der Waals surface area contributed by atoms with Crippen LogP contribution in [0.2, 0.25) is 0 Å². The van der Waals surface area contributed by atoms with Crippen molar-refractivity contribution in [2.75, 3.05) is 12.8 Å². The molecule has 0 atom stereocenters. The molecule has 2 aromatic rings. The predicted octanol–water partition coefficient (Wildman–Crippen LogP) is 1.30. The summed E-state index contributed by atoms with van der Waals surface area (Å²) in [6.07, 6.45) is 5.14. The number of rotatable bonds is 4. The fraction of sp³-hybridized carbons (Fsp3) is 0.357. The van der Waals surface area contributed by atoms with Gasteiger partial charge in [-0.3, -0.25) is 4.79 Å². The number of anilines is 1. The Kier molecular flexibility index (Phi) is 3.74. The Morgan fingerprint density at radius 3 is 2.90 bits per heavy atom. The number of nitrogen functional groups attached to an aromatic ring is 1. The van der Waals surface area contributed by atoms with Crippen molar-refractivity contribution in [3.8, 4) is 11.3 Å². The molecule has 0 unspecified atom stereocenters. The Hall–Kier alpha value is -2.37. The minimum absolute atomic E-state index is 0.00797. The highest BCUT2D eigenvalue weighted by Gasteiger charge is 2.27. The molecule has 0 fully saturated rings. The number of imidazole rings is 1. The fourth-order valence-electron chi connectivity index (χ4n) is 2.13. The van der Waals surface area contributed by atoms with E-state index in [0.29, 0.717) is 12.4 Å². The average Bonchev–Trinajstić information content (AvgIpc) is 2.85. The lowest BCUT2D eigenvalue weighted by Gasteiger charge is -2.24. The first-order valence-electron chi connectivity index (χ1n) is 6.38. The third kappa shape index (κ3) is 2.79. The number of hydrogen-bond acceptors (Lipinski definition) is 4. The Morgan fingerprint density at radius 2 is 2.25 bits per heavy atom. The molecule has 0 aromatic carbocycles. The molecule has 3 N–H and O–H groups in total. The third-order valence-corrected chi connectivity index (χ3v) is 3.20. The lowest BCUT2D eigenvalue weighted by Crippen LogP contribution is -2.37. The van der Waals surface area contributed by atoms with E-state index in [0.717, 1.165) is 11.3 Å². The van der Waals surface area contributed by atoms with Crippen molar-refractivity contribution in [1.82, 2.24) is 19.9 Å². The molecule has 6 heteroatoms. The number of carbonyl (C=O) groups excluding carboxylic acids is 1. The highest BCUT2D eigenvalue weighted by atomic mass is 16.2. The van der Waals surface area contributed by atoms with E-state index < -0.39 is 5.41 Å². The molecule has 2 rings (SSSR count). The molecule has 0 saturated heterocycles. The number of pyridine rings is 1. The SMILES string of the molecule is CNC(=O)C(C)(C)Cn1cncc1-c1ccnc(N)c1. The van der Waals surface area contributed by atoms with Gasteiger partial charge in [0.2, 0.25) is 5.91 Å². The van der Waals surface area contributed by atoms with Gasteiger partial charge in [0.25, 0.3) is 0 Å². The maximum atomic E-state index is 11.9. The van der Waals surface area contributed by atoms with Crippen LogP contribution < -0.4 is 11.1 Å². The zero-order valence-electron chi connectivity index (χ0n) is 11.9. The fourth-order valence-corrected chi connectivity index (χ4v) is 2.13. The molecule has 0 saturated carbocycles. The molecule has 6 nitrogen and oxygen atoms in total. The van der Waals surface area contributed by atoms with Crippen molar-refractivity contribution in [3.05, 3.63) is 30.9 Å². The zero-order valence-corrected chi connectivity index (χ0v) is 11.9.